The van der Waals surface area contributed by atoms with Gasteiger partial charge in [0, 0.05) is 38.2 Å². The van der Waals surface area contributed by atoms with E-state index in [1.807, 2.05) is 83.5 Å². The van der Waals surface area contributed by atoms with Crippen LogP contribution in [-0.4, -0.2) is 54.4 Å². The minimum atomic E-state index is 0.0216. The Kier molecular flexibility index (Phi) is 7.40. The van der Waals surface area contributed by atoms with E-state index in [1.165, 1.54) is 0 Å². The Labute approximate surface area is 195 Å². The molecule has 0 bridgehead atoms. The fourth-order valence-electron chi connectivity index (χ4n) is 4.06. The number of carbonyl (C=O) groups is 2. The van der Waals surface area contributed by atoms with Crippen molar-refractivity contribution in [2.24, 2.45) is 0 Å². The minimum Gasteiger partial charge on any atom is -0.493 e. The number of rotatable bonds is 7. The second-order valence-electron chi connectivity index (χ2n) is 8.33. The van der Waals surface area contributed by atoms with Crippen LogP contribution in [-0.2, 0) is 4.79 Å². The predicted molar refractivity (Wildman–Crippen MR) is 130 cm³/mol. The van der Waals surface area contributed by atoms with Gasteiger partial charge in [-0.1, -0.05) is 60.7 Å². The summed E-state index contributed by atoms with van der Waals surface area (Å²) in [5.41, 5.74) is 4.00. The van der Waals surface area contributed by atoms with Crippen LogP contribution in [0, 0.1) is 6.92 Å². The van der Waals surface area contributed by atoms with E-state index in [0.717, 1.165) is 22.4 Å². The van der Waals surface area contributed by atoms with E-state index in [-0.39, 0.29) is 11.8 Å². The molecule has 0 aliphatic carbocycles. The summed E-state index contributed by atoms with van der Waals surface area (Å²) in [5, 5.41) is 0. The fraction of sp³-hybridized carbons (Fsp3) is 0.286. The number of carbonyl (C=O) groups excluding carboxylic acids is 2. The van der Waals surface area contributed by atoms with Gasteiger partial charge in [0.25, 0.3) is 5.91 Å². The van der Waals surface area contributed by atoms with Gasteiger partial charge in [0.15, 0.2) is 0 Å². The standard InChI is InChI=1S/C28H30N2O3/c1-22-8-5-6-11-26(22)33-21-7-12-27(31)29-17-19-30(20-18-29)28(32)25-15-13-24(14-16-25)23-9-3-2-4-10-23/h2-6,8-11,13-16H,7,12,17-21H2,1H3. The highest BCUT2D eigenvalue weighted by Gasteiger charge is 2.24. The van der Waals surface area contributed by atoms with Gasteiger partial charge in [0.2, 0.25) is 5.91 Å². The molecule has 1 heterocycles. The highest BCUT2D eigenvalue weighted by atomic mass is 16.5. The molecule has 1 aliphatic rings. The summed E-state index contributed by atoms with van der Waals surface area (Å²) in [5.74, 6) is 1.02. The first-order chi connectivity index (χ1) is 16.1. The molecule has 33 heavy (non-hydrogen) atoms. The number of nitrogens with zero attached hydrogens (tertiary/aromatic N) is 2. The number of piperazine rings is 1. The van der Waals surface area contributed by atoms with Crippen molar-refractivity contribution in [3.63, 3.8) is 0 Å². The van der Waals surface area contributed by atoms with Gasteiger partial charge in [-0.05, 0) is 48.2 Å². The Hall–Kier alpha value is -3.60. The maximum Gasteiger partial charge on any atom is 0.253 e. The van der Waals surface area contributed by atoms with E-state index >= 15 is 0 Å². The monoisotopic (exact) mass is 442 g/mol. The van der Waals surface area contributed by atoms with Gasteiger partial charge in [0.05, 0.1) is 6.61 Å². The summed E-state index contributed by atoms with van der Waals surface area (Å²) in [7, 11) is 0. The summed E-state index contributed by atoms with van der Waals surface area (Å²) < 4.78 is 5.78. The first-order valence-electron chi connectivity index (χ1n) is 11.5. The predicted octanol–water partition coefficient (Wildman–Crippen LogP) is 4.81. The van der Waals surface area contributed by atoms with Gasteiger partial charge >= 0.3 is 0 Å². The summed E-state index contributed by atoms with van der Waals surface area (Å²) in [6, 6.07) is 25.8. The first-order valence-corrected chi connectivity index (χ1v) is 11.5. The molecule has 3 aromatic rings. The molecule has 5 nitrogen and oxygen atoms in total. The van der Waals surface area contributed by atoms with Crippen LogP contribution in [0.1, 0.15) is 28.8 Å². The van der Waals surface area contributed by atoms with Gasteiger partial charge in [-0.25, -0.2) is 0 Å². The van der Waals surface area contributed by atoms with Crippen molar-refractivity contribution >= 4 is 11.8 Å². The van der Waals surface area contributed by atoms with Gasteiger partial charge in [-0.2, -0.15) is 0 Å². The maximum atomic E-state index is 12.9. The molecule has 4 rings (SSSR count). The van der Waals surface area contributed by atoms with E-state index in [4.69, 9.17) is 4.74 Å². The first kappa shape index (κ1) is 22.6. The summed E-state index contributed by atoms with van der Waals surface area (Å²) >= 11 is 0. The second kappa shape index (κ2) is 10.8. The lowest BCUT2D eigenvalue weighted by atomic mass is 10.0. The lowest BCUT2D eigenvalue weighted by Crippen LogP contribution is -2.50. The molecule has 1 aliphatic heterocycles. The molecule has 0 unspecified atom stereocenters. The number of benzene rings is 3. The van der Waals surface area contributed by atoms with Crippen LogP contribution in [0.25, 0.3) is 11.1 Å². The number of para-hydroxylation sites is 1. The Bertz CT molecular complexity index is 1070. The SMILES string of the molecule is Cc1ccccc1OCCCC(=O)N1CCN(C(=O)c2ccc(-c3ccccc3)cc2)CC1. The fourth-order valence-corrected chi connectivity index (χ4v) is 4.06. The van der Waals surface area contributed by atoms with Crippen LogP contribution < -0.4 is 4.74 Å². The highest BCUT2D eigenvalue weighted by Crippen LogP contribution is 2.20. The minimum absolute atomic E-state index is 0.0216. The molecule has 170 valence electrons. The quantitative estimate of drug-likeness (QED) is 0.494. The van der Waals surface area contributed by atoms with Crippen molar-refractivity contribution in [3.05, 3.63) is 90.0 Å². The number of aryl methyl sites for hydroxylation is 1. The van der Waals surface area contributed by atoms with Crippen molar-refractivity contribution < 1.29 is 14.3 Å². The average Bonchev–Trinajstić information content (AvgIpc) is 2.88. The van der Waals surface area contributed by atoms with Crippen LogP contribution in [0.5, 0.6) is 5.75 Å². The summed E-state index contributed by atoms with van der Waals surface area (Å²) in [4.78, 5) is 29.2. The zero-order valence-electron chi connectivity index (χ0n) is 19.1. The zero-order chi connectivity index (χ0) is 23.0. The van der Waals surface area contributed by atoms with Crippen LogP contribution in [0.15, 0.2) is 78.9 Å². The molecular formula is C28H30N2O3. The Morgan fingerprint density at radius 2 is 1.36 bits per heavy atom. The summed E-state index contributed by atoms with van der Waals surface area (Å²) in [6.07, 6.45) is 1.14. The van der Waals surface area contributed by atoms with Gasteiger partial charge in [-0.3, -0.25) is 9.59 Å². The van der Waals surface area contributed by atoms with Crippen LogP contribution >= 0.6 is 0 Å². The van der Waals surface area contributed by atoms with E-state index < -0.39 is 0 Å². The molecule has 2 amide bonds. The lowest BCUT2D eigenvalue weighted by molar-refractivity contribution is -0.132. The Balaban J connectivity index is 1.21. The van der Waals surface area contributed by atoms with E-state index in [9.17, 15) is 9.59 Å². The Morgan fingerprint density at radius 3 is 2.06 bits per heavy atom. The van der Waals surface area contributed by atoms with Crippen molar-refractivity contribution in [3.8, 4) is 16.9 Å². The van der Waals surface area contributed by atoms with Crippen LogP contribution in [0.3, 0.4) is 0 Å². The maximum absolute atomic E-state index is 12.9. The normalized spacial score (nSPS) is 13.6. The van der Waals surface area contributed by atoms with E-state index in [2.05, 4.69) is 12.1 Å². The van der Waals surface area contributed by atoms with Gasteiger partial charge in [-0.15, -0.1) is 0 Å². The highest BCUT2D eigenvalue weighted by molar-refractivity contribution is 5.95. The molecule has 5 heteroatoms. The number of amides is 2. The molecule has 0 aromatic heterocycles. The molecule has 1 fully saturated rings. The number of hydrogen-bond acceptors (Lipinski definition) is 3. The average molecular weight is 443 g/mol. The van der Waals surface area contributed by atoms with Crippen molar-refractivity contribution in [2.75, 3.05) is 32.8 Å². The molecule has 0 spiro atoms. The molecule has 3 aromatic carbocycles. The van der Waals surface area contributed by atoms with Gasteiger partial charge < -0.3 is 14.5 Å². The zero-order valence-corrected chi connectivity index (χ0v) is 19.1. The largest absolute Gasteiger partial charge is 0.493 e. The molecule has 0 N–H and O–H groups in total. The smallest absolute Gasteiger partial charge is 0.253 e. The number of ether oxygens (including phenoxy) is 1. The van der Waals surface area contributed by atoms with Crippen molar-refractivity contribution in [1.29, 1.82) is 0 Å². The Morgan fingerprint density at radius 1 is 0.758 bits per heavy atom. The molecule has 0 saturated carbocycles. The van der Waals surface area contributed by atoms with Crippen LogP contribution in [0.2, 0.25) is 0 Å². The topological polar surface area (TPSA) is 49.9 Å². The summed E-state index contributed by atoms with van der Waals surface area (Å²) in [6.45, 7) is 4.80. The third kappa shape index (κ3) is 5.80. The van der Waals surface area contributed by atoms with Crippen molar-refractivity contribution in [2.45, 2.75) is 19.8 Å². The van der Waals surface area contributed by atoms with E-state index in [1.54, 1.807) is 0 Å². The molecule has 0 radical (unpaired) electrons. The van der Waals surface area contributed by atoms with Crippen LogP contribution in [0.4, 0.5) is 0 Å². The molecular weight excluding hydrogens is 412 g/mol. The number of hydrogen-bond donors (Lipinski definition) is 0. The van der Waals surface area contributed by atoms with Crippen molar-refractivity contribution in [1.82, 2.24) is 9.80 Å². The lowest BCUT2D eigenvalue weighted by Gasteiger charge is -2.35. The molecule has 0 atom stereocenters. The molecule has 1 saturated heterocycles. The second-order valence-corrected chi connectivity index (χ2v) is 8.33. The van der Waals surface area contributed by atoms with Gasteiger partial charge in [0.1, 0.15) is 5.75 Å². The third-order valence-corrected chi connectivity index (χ3v) is 6.04. The third-order valence-electron chi connectivity index (χ3n) is 6.04. The van der Waals surface area contributed by atoms with E-state index in [0.29, 0.717) is 51.2 Å².